The molecule has 108 valence electrons. The summed E-state index contributed by atoms with van der Waals surface area (Å²) in [6.45, 7) is 5.10. The predicted molar refractivity (Wildman–Crippen MR) is 89.9 cm³/mol. The van der Waals surface area contributed by atoms with E-state index in [-0.39, 0.29) is 0 Å². The molecule has 1 aromatic carbocycles. The molecule has 3 nitrogen and oxygen atoms in total. The summed E-state index contributed by atoms with van der Waals surface area (Å²) in [7, 11) is 2.00. The Balaban J connectivity index is 2.27. The lowest BCUT2D eigenvalue weighted by Crippen LogP contribution is -2.24. The van der Waals surface area contributed by atoms with Gasteiger partial charge < -0.3 is 5.32 Å². The van der Waals surface area contributed by atoms with Crippen molar-refractivity contribution in [2.45, 2.75) is 26.3 Å². The number of aryl methyl sites for hydroxylation is 2. The van der Waals surface area contributed by atoms with E-state index in [2.05, 4.69) is 73.5 Å². The maximum absolute atomic E-state index is 4.47. The van der Waals surface area contributed by atoms with E-state index in [1.807, 2.05) is 18.7 Å². The van der Waals surface area contributed by atoms with Crippen LogP contribution >= 0.6 is 31.9 Å². The second-order valence-electron chi connectivity index (χ2n) is 4.84. The molecule has 1 heterocycles. The van der Waals surface area contributed by atoms with Gasteiger partial charge in [0.05, 0.1) is 15.9 Å². The minimum atomic E-state index is 0.291. The topological polar surface area (TPSA) is 29.9 Å². The summed E-state index contributed by atoms with van der Waals surface area (Å²) in [6, 6.07) is 8.79. The molecule has 0 aliphatic carbocycles. The van der Waals surface area contributed by atoms with Crippen LogP contribution in [0.25, 0.3) is 0 Å². The first-order valence-corrected chi connectivity index (χ1v) is 8.28. The Labute approximate surface area is 137 Å². The quantitative estimate of drug-likeness (QED) is 0.816. The van der Waals surface area contributed by atoms with E-state index < -0.39 is 0 Å². The zero-order valence-corrected chi connectivity index (χ0v) is 15.1. The van der Waals surface area contributed by atoms with Crippen LogP contribution in [0.5, 0.6) is 0 Å². The van der Waals surface area contributed by atoms with Gasteiger partial charge in [-0.05, 0) is 47.1 Å². The summed E-state index contributed by atoms with van der Waals surface area (Å²) in [5.41, 5.74) is 3.55. The van der Waals surface area contributed by atoms with E-state index in [0.29, 0.717) is 6.04 Å². The van der Waals surface area contributed by atoms with Gasteiger partial charge in [-0.3, -0.25) is 4.68 Å². The number of likely N-dealkylation sites (N-methyl/N-ethyl adjacent to an activating group) is 1. The maximum Gasteiger partial charge on any atom is 0.0738 e. The van der Waals surface area contributed by atoms with Crippen LogP contribution in [0.1, 0.15) is 29.9 Å². The van der Waals surface area contributed by atoms with Crippen molar-refractivity contribution in [3.05, 3.63) is 50.2 Å². The molecule has 0 fully saturated rings. The lowest BCUT2D eigenvalue weighted by atomic mass is 10.0. The number of hydrogen-bond acceptors (Lipinski definition) is 2. The van der Waals surface area contributed by atoms with E-state index >= 15 is 0 Å². The summed E-state index contributed by atoms with van der Waals surface area (Å²) in [4.78, 5) is 0. The van der Waals surface area contributed by atoms with Crippen molar-refractivity contribution < 1.29 is 0 Å². The average Bonchev–Trinajstić information content (AvgIpc) is 2.65. The van der Waals surface area contributed by atoms with Gasteiger partial charge in [-0.1, -0.05) is 35.0 Å². The zero-order valence-electron chi connectivity index (χ0n) is 12.0. The van der Waals surface area contributed by atoms with Crippen LogP contribution in [0.2, 0.25) is 0 Å². The monoisotopic (exact) mass is 399 g/mol. The van der Waals surface area contributed by atoms with Gasteiger partial charge in [0.1, 0.15) is 0 Å². The Morgan fingerprint density at radius 3 is 2.40 bits per heavy atom. The molecule has 0 aliphatic rings. The number of halogens is 2. The molecule has 0 saturated carbocycles. The molecule has 1 N–H and O–H groups in total. The van der Waals surface area contributed by atoms with E-state index in [4.69, 9.17) is 0 Å². The normalized spacial score (nSPS) is 12.7. The van der Waals surface area contributed by atoms with Crippen molar-refractivity contribution in [1.82, 2.24) is 15.1 Å². The predicted octanol–water partition coefficient (Wildman–Crippen LogP) is 4.15. The lowest BCUT2D eigenvalue weighted by molar-refractivity contribution is 0.528. The average molecular weight is 401 g/mol. The van der Waals surface area contributed by atoms with Crippen molar-refractivity contribution in [3.63, 3.8) is 0 Å². The third-order valence-corrected chi connectivity index (χ3v) is 4.94. The standard InChI is InChI=1S/C15H19Br2N3/c1-4-18-13(11-5-7-12(16)8-6-11)9-14-15(17)10(2)19-20(14)3/h5-8,13,18H,4,9H2,1-3H3. The Morgan fingerprint density at radius 2 is 1.90 bits per heavy atom. The highest BCUT2D eigenvalue weighted by Crippen LogP contribution is 2.26. The SMILES string of the molecule is CCNC(Cc1c(Br)c(C)nn1C)c1ccc(Br)cc1. The largest absolute Gasteiger partial charge is 0.310 e. The molecule has 0 spiro atoms. The van der Waals surface area contributed by atoms with E-state index in [1.54, 1.807) is 0 Å². The van der Waals surface area contributed by atoms with Crippen LogP contribution in [0.15, 0.2) is 33.2 Å². The fourth-order valence-electron chi connectivity index (χ4n) is 2.34. The smallest absolute Gasteiger partial charge is 0.0738 e. The molecule has 2 aromatic rings. The highest BCUT2D eigenvalue weighted by Gasteiger charge is 2.17. The Bertz CT molecular complexity index is 576. The van der Waals surface area contributed by atoms with Gasteiger partial charge in [0, 0.05) is 24.0 Å². The van der Waals surface area contributed by atoms with E-state index in [1.165, 1.54) is 11.3 Å². The van der Waals surface area contributed by atoms with Gasteiger partial charge in [-0.25, -0.2) is 0 Å². The van der Waals surface area contributed by atoms with Gasteiger partial charge in [0.15, 0.2) is 0 Å². The third kappa shape index (κ3) is 3.51. The van der Waals surface area contributed by atoms with Crippen LogP contribution in [0.3, 0.4) is 0 Å². The Hall–Kier alpha value is -0.650. The first-order chi connectivity index (χ1) is 9.52. The summed E-state index contributed by atoms with van der Waals surface area (Å²) < 4.78 is 4.18. The van der Waals surface area contributed by atoms with E-state index in [0.717, 1.165) is 27.6 Å². The van der Waals surface area contributed by atoms with Crippen LogP contribution in [-0.4, -0.2) is 16.3 Å². The fourth-order valence-corrected chi connectivity index (χ4v) is 3.11. The molecule has 0 saturated heterocycles. The third-order valence-electron chi connectivity index (χ3n) is 3.38. The van der Waals surface area contributed by atoms with Gasteiger partial charge in [0.2, 0.25) is 0 Å². The van der Waals surface area contributed by atoms with E-state index in [9.17, 15) is 0 Å². The van der Waals surface area contributed by atoms with Crippen molar-refractivity contribution in [2.24, 2.45) is 7.05 Å². The van der Waals surface area contributed by atoms with Crippen molar-refractivity contribution >= 4 is 31.9 Å². The molecule has 0 amide bonds. The summed E-state index contributed by atoms with van der Waals surface area (Å²) in [5.74, 6) is 0. The zero-order chi connectivity index (χ0) is 14.7. The number of aromatic nitrogens is 2. The van der Waals surface area contributed by atoms with Gasteiger partial charge in [-0.15, -0.1) is 0 Å². The molecule has 1 aromatic heterocycles. The second kappa shape index (κ2) is 6.87. The fraction of sp³-hybridized carbons (Fsp3) is 0.400. The highest BCUT2D eigenvalue weighted by molar-refractivity contribution is 9.10. The number of hydrogen-bond donors (Lipinski definition) is 1. The molecular formula is C15H19Br2N3. The number of nitrogens with zero attached hydrogens (tertiary/aromatic N) is 2. The van der Waals surface area contributed by atoms with Crippen molar-refractivity contribution in [3.8, 4) is 0 Å². The summed E-state index contributed by atoms with van der Waals surface area (Å²) in [5, 5.41) is 8.02. The van der Waals surface area contributed by atoms with Gasteiger partial charge in [-0.2, -0.15) is 5.10 Å². The molecule has 20 heavy (non-hydrogen) atoms. The van der Waals surface area contributed by atoms with Gasteiger partial charge >= 0.3 is 0 Å². The van der Waals surface area contributed by atoms with Crippen LogP contribution < -0.4 is 5.32 Å². The molecular weight excluding hydrogens is 382 g/mol. The van der Waals surface area contributed by atoms with Crippen molar-refractivity contribution in [2.75, 3.05) is 6.54 Å². The highest BCUT2D eigenvalue weighted by atomic mass is 79.9. The molecule has 0 aliphatic heterocycles. The molecule has 1 atom stereocenters. The number of nitrogens with one attached hydrogen (secondary N) is 1. The molecule has 0 radical (unpaired) electrons. The lowest BCUT2D eigenvalue weighted by Gasteiger charge is -2.19. The Kier molecular flexibility index (Phi) is 5.41. The van der Waals surface area contributed by atoms with Crippen LogP contribution in [0.4, 0.5) is 0 Å². The Morgan fingerprint density at radius 1 is 1.25 bits per heavy atom. The van der Waals surface area contributed by atoms with Gasteiger partial charge in [0.25, 0.3) is 0 Å². The molecule has 5 heteroatoms. The number of benzene rings is 1. The first-order valence-electron chi connectivity index (χ1n) is 6.69. The minimum absolute atomic E-state index is 0.291. The van der Waals surface area contributed by atoms with Crippen molar-refractivity contribution in [1.29, 1.82) is 0 Å². The molecule has 1 unspecified atom stereocenters. The maximum atomic E-state index is 4.47. The first kappa shape index (κ1) is 15.7. The molecule has 2 rings (SSSR count). The van der Waals surface area contributed by atoms with Crippen LogP contribution in [-0.2, 0) is 13.5 Å². The molecule has 0 bridgehead atoms. The minimum Gasteiger partial charge on any atom is -0.310 e. The number of rotatable bonds is 5. The summed E-state index contributed by atoms with van der Waals surface area (Å²) >= 11 is 7.13. The van der Waals surface area contributed by atoms with Crippen LogP contribution in [0, 0.1) is 6.92 Å². The second-order valence-corrected chi connectivity index (χ2v) is 6.54. The summed E-state index contributed by atoms with van der Waals surface area (Å²) in [6.07, 6.45) is 0.910.